The fourth-order valence-electron chi connectivity index (χ4n) is 2.39. The molecule has 1 amide bonds. The molecular weight excluding hydrogens is 304 g/mol. The molecule has 0 radical (unpaired) electrons. The second-order valence-electron chi connectivity index (χ2n) is 5.49. The number of hydrazone groups is 1. The maximum Gasteiger partial charge on any atom is 0.277 e. The Labute approximate surface area is 139 Å². The standard InChI is InChI=1S/C18H18N4O2/c1-12-7-16(8-13(2)21-12)24-11-18(23)22-20-10-14-3-4-15-5-6-19-17(15)9-14/h3-10,19H,11H2,1-2H3,(H,22,23)/b20-10+. The number of aromatic nitrogens is 2. The van der Waals surface area contributed by atoms with Crippen molar-refractivity contribution >= 4 is 23.0 Å². The third-order valence-electron chi connectivity index (χ3n) is 3.41. The fraction of sp³-hybridized carbons (Fsp3) is 0.167. The number of H-pyrrole nitrogens is 1. The van der Waals surface area contributed by atoms with Crippen LogP contribution < -0.4 is 10.2 Å². The Hall–Kier alpha value is -3.15. The van der Waals surface area contributed by atoms with Crippen molar-refractivity contribution in [1.29, 1.82) is 0 Å². The summed E-state index contributed by atoms with van der Waals surface area (Å²) in [5.41, 5.74) is 6.07. The Morgan fingerprint density at radius 1 is 1.25 bits per heavy atom. The van der Waals surface area contributed by atoms with Crippen LogP contribution in [-0.4, -0.2) is 28.7 Å². The molecule has 24 heavy (non-hydrogen) atoms. The zero-order valence-electron chi connectivity index (χ0n) is 13.5. The molecule has 0 saturated carbocycles. The molecule has 3 aromatic rings. The van der Waals surface area contributed by atoms with Gasteiger partial charge in [0.25, 0.3) is 5.91 Å². The second kappa shape index (κ2) is 6.95. The smallest absolute Gasteiger partial charge is 0.277 e. The lowest BCUT2D eigenvalue weighted by atomic mass is 10.2. The van der Waals surface area contributed by atoms with Gasteiger partial charge >= 0.3 is 0 Å². The number of nitrogens with zero attached hydrogens (tertiary/aromatic N) is 2. The summed E-state index contributed by atoms with van der Waals surface area (Å²) in [6.45, 7) is 3.66. The van der Waals surface area contributed by atoms with Crippen molar-refractivity contribution in [3.05, 3.63) is 59.5 Å². The highest BCUT2D eigenvalue weighted by Gasteiger charge is 2.03. The highest BCUT2D eigenvalue weighted by Crippen LogP contribution is 2.13. The van der Waals surface area contributed by atoms with Gasteiger partial charge in [0.1, 0.15) is 5.75 Å². The zero-order valence-corrected chi connectivity index (χ0v) is 13.5. The molecule has 0 spiro atoms. The van der Waals surface area contributed by atoms with Gasteiger partial charge in [0.05, 0.1) is 6.21 Å². The molecule has 2 aromatic heterocycles. The van der Waals surface area contributed by atoms with Crippen LogP contribution >= 0.6 is 0 Å². The Morgan fingerprint density at radius 2 is 2.04 bits per heavy atom. The number of hydrogen-bond acceptors (Lipinski definition) is 4. The van der Waals surface area contributed by atoms with E-state index >= 15 is 0 Å². The largest absolute Gasteiger partial charge is 0.484 e. The Balaban J connectivity index is 1.53. The molecule has 0 bridgehead atoms. The topological polar surface area (TPSA) is 79.4 Å². The van der Waals surface area contributed by atoms with Crippen LogP contribution in [0, 0.1) is 13.8 Å². The van der Waals surface area contributed by atoms with Gasteiger partial charge in [0.2, 0.25) is 0 Å². The molecule has 0 aliphatic rings. The number of nitrogens with one attached hydrogen (secondary N) is 2. The number of carbonyl (C=O) groups is 1. The SMILES string of the molecule is Cc1cc(OCC(=O)N/N=C/c2ccc3cc[nH]c3c2)cc(C)n1. The van der Waals surface area contributed by atoms with E-state index in [1.807, 2.05) is 44.3 Å². The predicted molar refractivity (Wildman–Crippen MR) is 93.2 cm³/mol. The van der Waals surface area contributed by atoms with Gasteiger partial charge in [-0.2, -0.15) is 5.10 Å². The van der Waals surface area contributed by atoms with Crippen LogP contribution in [0.2, 0.25) is 0 Å². The molecule has 6 nitrogen and oxygen atoms in total. The second-order valence-corrected chi connectivity index (χ2v) is 5.49. The molecule has 0 aliphatic carbocycles. The summed E-state index contributed by atoms with van der Waals surface area (Å²) in [7, 11) is 0. The third-order valence-corrected chi connectivity index (χ3v) is 3.41. The van der Waals surface area contributed by atoms with Gasteiger partial charge in [-0.15, -0.1) is 0 Å². The summed E-state index contributed by atoms with van der Waals surface area (Å²) in [6, 6.07) is 11.5. The van der Waals surface area contributed by atoms with E-state index in [1.54, 1.807) is 18.3 Å². The van der Waals surface area contributed by atoms with Crippen molar-refractivity contribution < 1.29 is 9.53 Å². The Bertz CT molecular complexity index is 879. The van der Waals surface area contributed by atoms with Gasteiger partial charge < -0.3 is 9.72 Å². The summed E-state index contributed by atoms with van der Waals surface area (Å²) in [6.07, 6.45) is 3.48. The number of benzene rings is 1. The van der Waals surface area contributed by atoms with E-state index in [9.17, 15) is 4.79 Å². The van der Waals surface area contributed by atoms with Gasteiger partial charge in [-0.3, -0.25) is 9.78 Å². The average molecular weight is 322 g/mol. The van der Waals surface area contributed by atoms with Crippen LogP contribution in [0.4, 0.5) is 0 Å². The molecular formula is C18H18N4O2. The van der Waals surface area contributed by atoms with Crippen LogP contribution in [0.25, 0.3) is 10.9 Å². The molecule has 122 valence electrons. The summed E-state index contributed by atoms with van der Waals surface area (Å²) in [5.74, 6) is 0.302. The minimum atomic E-state index is -0.320. The Kier molecular flexibility index (Phi) is 4.56. The molecule has 0 unspecified atom stereocenters. The lowest BCUT2D eigenvalue weighted by Crippen LogP contribution is -2.24. The molecule has 0 aliphatic heterocycles. The molecule has 2 heterocycles. The van der Waals surface area contributed by atoms with Gasteiger partial charge in [0.15, 0.2) is 6.61 Å². The van der Waals surface area contributed by atoms with Crippen LogP contribution in [-0.2, 0) is 4.79 Å². The zero-order chi connectivity index (χ0) is 16.9. The van der Waals surface area contributed by atoms with Crippen LogP contribution in [0.5, 0.6) is 5.75 Å². The summed E-state index contributed by atoms with van der Waals surface area (Å²) < 4.78 is 5.45. The van der Waals surface area contributed by atoms with E-state index in [4.69, 9.17) is 4.74 Å². The lowest BCUT2D eigenvalue weighted by Gasteiger charge is -2.06. The fourth-order valence-corrected chi connectivity index (χ4v) is 2.39. The number of fused-ring (bicyclic) bond motifs is 1. The third kappa shape index (κ3) is 3.98. The minimum Gasteiger partial charge on any atom is -0.484 e. The molecule has 0 saturated heterocycles. The number of aromatic amines is 1. The first kappa shape index (κ1) is 15.7. The minimum absolute atomic E-state index is 0.101. The molecule has 1 aromatic carbocycles. The summed E-state index contributed by atoms with van der Waals surface area (Å²) in [5, 5.41) is 5.08. The van der Waals surface area contributed by atoms with Crippen molar-refractivity contribution in [3.63, 3.8) is 0 Å². The maximum absolute atomic E-state index is 11.8. The number of ether oxygens (including phenoxy) is 1. The van der Waals surface area contributed by atoms with E-state index in [1.165, 1.54) is 0 Å². The first-order valence-corrected chi connectivity index (χ1v) is 7.57. The van der Waals surface area contributed by atoms with Gasteiger partial charge in [-0.1, -0.05) is 12.1 Å². The van der Waals surface area contributed by atoms with E-state index in [0.717, 1.165) is 27.9 Å². The number of hydrogen-bond donors (Lipinski definition) is 2. The van der Waals surface area contributed by atoms with E-state index in [-0.39, 0.29) is 12.5 Å². The number of pyridine rings is 1. The van der Waals surface area contributed by atoms with Crippen molar-refractivity contribution in [2.75, 3.05) is 6.61 Å². The van der Waals surface area contributed by atoms with Crippen LogP contribution in [0.1, 0.15) is 17.0 Å². The number of amides is 1. The maximum atomic E-state index is 11.8. The normalized spacial score (nSPS) is 11.1. The molecule has 2 N–H and O–H groups in total. The Morgan fingerprint density at radius 3 is 2.83 bits per heavy atom. The summed E-state index contributed by atoms with van der Waals surface area (Å²) in [4.78, 5) is 19.2. The van der Waals surface area contributed by atoms with E-state index < -0.39 is 0 Å². The van der Waals surface area contributed by atoms with Crippen LogP contribution in [0.15, 0.2) is 47.7 Å². The van der Waals surface area contributed by atoms with Crippen LogP contribution in [0.3, 0.4) is 0 Å². The number of carbonyl (C=O) groups excluding carboxylic acids is 1. The molecule has 3 rings (SSSR count). The van der Waals surface area contributed by atoms with Gasteiger partial charge in [0, 0.05) is 35.2 Å². The van der Waals surface area contributed by atoms with Crippen molar-refractivity contribution in [3.8, 4) is 5.75 Å². The monoisotopic (exact) mass is 322 g/mol. The molecule has 0 atom stereocenters. The number of aryl methyl sites for hydroxylation is 2. The lowest BCUT2D eigenvalue weighted by molar-refractivity contribution is -0.123. The highest BCUT2D eigenvalue weighted by molar-refractivity contribution is 5.89. The molecule has 6 heteroatoms. The van der Waals surface area contributed by atoms with E-state index in [0.29, 0.717) is 5.75 Å². The quantitative estimate of drug-likeness (QED) is 0.560. The predicted octanol–water partition coefficient (Wildman–Crippen LogP) is 2.71. The molecule has 0 fully saturated rings. The first-order valence-electron chi connectivity index (χ1n) is 7.57. The van der Waals surface area contributed by atoms with Crippen molar-refractivity contribution in [2.45, 2.75) is 13.8 Å². The highest BCUT2D eigenvalue weighted by atomic mass is 16.5. The van der Waals surface area contributed by atoms with Crippen molar-refractivity contribution in [2.24, 2.45) is 5.10 Å². The average Bonchev–Trinajstić information content (AvgIpc) is 3.00. The van der Waals surface area contributed by atoms with E-state index in [2.05, 4.69) is 20.5 Å². The number of rotatable bonds is 5. The first-order chi connectivity index (χ1) is 11.6. The van der Waals surface area contributed by atoms with Gasteiger partial charge in [-0.25, -0.2) is 5.43 Å². The summed E-state index contributed by atoms with van der Waals surface area (Å²) >= 11 is 0. The van der Waals surface area contributed by atoms with Gasteiger partial charge in [-0.05, 0) is 36.9 Å². The van der Waals surface area contributed by atoms with Crippen molar-refractivity contribution in [1.82, 2.24) is 15.4 Å².